The Bertz CT molecular complexity index is 347. The maximum absolute atomic E-state index is 12.7. The smallest absolute Gasteiger partial charge is 0.153 e. The number of benzene rings is 1. The van der Waals surface area contributed by atoms with Crippen molar-refractivity contribution >= 4 is 6.29 Å². The van der Waals surface area contributed by atoms with Gasteiger partial charge in [-0.3, -0.25) is 4.79 Å². The lowest BCUT2D eigenvalue weighted by Crippen LogP contribution is -1.99. The molecule has 1 aromatic rings. The lowest BCUT2D eigenvalue weighted by molar-refractivity contribution is 0.111. The topological polar surface area (TPSA) is 26.3 Å². The zero-order valence-corrected chi connectivity index (χ0v) is 8.41. The maximum atomic E-state index is 12.7. The van der Waals surface area contributed by atoms with Crippen LogP contribution in [0.5, 0.6) is 5.75 Å². The molecular formula is C12H13FO2. The monoisotopic (exact) mass is 208 g/mol. The number of rotatable bonds is 6. The highest BCUT2D eigenvalue weighted by molar-refractivity contribution is 5.79. The van der Waals surface area contributed by atoms with Crippen LogP contribution in [0.2, 0.25) is 0 Å². The molecule has 1 rings (SSSR count). The Morgan fingerprint density at radius 2 is 2.27 bits per heavy atom. The number of halogens is 1. The Kier molecular flexibility index (Phi) is 4.54. The van der Waals surface area contributed by atoms with Gasteiger partial charge in [-0.15, -0.1) is 6.58 Å². The van der Waals surface area contributed by atoms with Gasteiger partial charge in [0.1, 0.15) is 11.6 Å². The fraction of sp³-hybridized carbons (Fsp3) is 0.250. The highest BCUT2D eigenvalue weighted by Gasteiger charge is 2.03. The van der Waals surface area contributed by atoms with E-state index in [2.05, 4.69) is 6.58 Å². The van der Waals surface area contributed by atoms with Crippen molar-refractivity contribution in [1.82, 2.24) is 0 Å². The van der Waals surface area contributed by atoms with E-state index in [0.29, 0.717) is 18.6 Å². The predicted octanol–water partition coefficient (Wildman–Crippen LogP) is 2.98. The van der Waals surface area contributed by atoms with Gasteiger partial charge in [0, 0.05) is 0 Å². The van der Waals surface area contributed by atoms with Crippen LogP contribution in [0, 0.1) is 5.82 Å². The molecular weight excluding hydrogens is 195 g/mol. The van der Waals surface area contributed by atoms with E-state index < -0.39 is 5.82 Å². The summed E-state index contributed by atoms with van der Waals surface area (Å²) in [7, 11) is 0. The van der Waals surface area contributed by atoms with E-state index in [0.717, 1.165) is 18.9 Å². The molecule has 0 heterocycles. The number of hydrogen-bond donors (Lipinski definition) is 0. The van der Waals surface area contributed by atoms with Crippen LogP contribution in [0.1, 0.15) is 23.2 Å². The molecule has 0 fully saturated rings. The SMILES string of the molecule is C=CCCCOc1ccc(F)cc1C=O. The highest BCUT2D eigenvalue weighted by atomic mass is 19.1. The summed E-state index contributed by atoms with van der Waals surface area (Å²) in [4.78, 5) is 10.6. The van der Waals surface area contributed by atoms with Crippen molar-refractivity contribution in [1.29, 1.82) is 0 Å². The zero-order chi connectivity index (χ0) is 11.1. The number of carbonyl (C=O) groups excluding carboxylic acids is 1. The average molecular weight is 208 g/mol. The van der Waals surface area contributed by atoms with E-state index in [-0.39, 0.29) is 5.56 Å². The van der Waals surface area contributed by atoms with Crippen LogP contribution in [0.25, 0.3) is 0 Å². The minimum atomic E-state index is -0.435. The number of aldehydes is 1. The molecule has 0 radical (unpaired) electrons. The van der Waals surface area contributed by atoms with Crippen LogP contribution >= 0.6 is 0 Å². The van der Waals surface area contributed by atoms with Crippen molar-refractivity contribution < 1.29 is 13.9 Å². The quantitative estimate of drug-likeness (QED) is 0.408. The molecule has 0 aliphatic rings. The molecule has 15 heavy (non-hydrogen) atoms. The Morgan fingerprint density at radius 3 is 2.93 bits per heavy atom. The lowest BCUT2D eigenvalue weighted by Gasteiger charge is -2.07. The summed E-state index contributed by atoms with van der Waals surface area (Å²) in [5, 5.41) is 0. The number of hydrogen-bond acceptors (Lipinski definition) is 2. The molecule has 1 aromatic carbocycles. The van der Waals surface area contributed by atoms with Crippen LogP contribution < -0.4 is 4.74 Å². The van der Waals surface area contributed by atoms with Gasteiger partial charge in [0.2, 0.25) is 0 Å². The van der Waals surface area contributed by atoms with E-state index in [1.165, 1.54) is 12.1 Å². The van der Waals surface area contributed by atoms with E-state index >= 15 is 0 Å². The number of ether oxygens (including phenoxy) is 1. The molecule has 0 N–H and O–H groups in total. The summed E-state index contributed by atoms with van der Waals surface area (Å²) in [6.07, 6.45) is 4.08. The molecule has 0 amide bonds. The molecule has 0 aliphatic carbocycles. The fourth-order valence-electron chi connectivity index (χ4n) is 1.15. The first-order chi connectivity index (χ1) is 7.27. The van der Waals surface area contributed by atoms with Crippen molar-refractivity contribution in [3.63, 3.8) is 0 Å². The Morgan fingerprint density at radius 1 is 1.47 bits per heavy atom. The second-order valence-electron chi connectivity index (χ2n) is 3.08. The third-order valence-electron chi connectivity index (χ3n) is 1.91. The Labute approximate surface area is 88.4 Å². The van der Waals surface area contributed by atoms with E-state index in [1.54, 1.807) is 6.08 Å². The largest absolute Gasteiger partial charge is 0.493 e. The van der Waals surface area contributed by atoms with Gasteiger partial charge >= 0.3 is 0 Å². The molecule has 0 aliphatic heterocycles. The summed E-state index contributed by atoms with van der Waals surface area (Å²) in [5.74, 6) is -0.00833. The van der Waals surface area contributed by atoms with Gasteiger partial charge in [-0.1, -0.05) is 6.08 Å². The van der Waals surface area contributed by atoms with Crippen LogP contribution in [0.4, 0.5) is 4.39 Å². The van der Waals surface area contributed by atoms with Crippen LogP contribution in [-0.2, 0) is 0 Å². The average Bonchev–Trinajstić information content (AvgIpc) is 2.26. The van der Waals surface area contributed by atoms with Gasteiger partial charge in [-0.2, -0.15) is 0 Å². The molecule has 0 unspecified atom stereocenters. The molecule has 3 heteroatoms. The summed E-state index contributed by atoms with van der Waals surface area (Å²) in [5.41, 5.74) is 0.244. The molecule has 0 aromatic heterocycles. The van der Waals surface area contributed by atoms with Crippen molar-refractivity contribution in [2.24, 2.45) is 0 Å². The van der Waals surface area contributed by atoms with Gasteiger partial charge in [0.15, 0.2) is 6.29 Å². The summed E-state index contributed by atoms with van der Waals surface area (Å²) >= 11 is 0. The van der Waals surface area contributed by atoms with Gasteiger partial charge in [-0.05, 0) is 31.0 Å². The maximum Gasteiger partial charge on any atom is 0.153 e. The van der Waals surface area contributed by atoms with Gasteiger partial charge in [-0.25, -0.2) is 4.39 Å². The van der Waals surface area contributed by atoms with Crippen molar-refractivity contribution in [2.45, 2.75) is 12.8 Å². The Balaban J connectivity index is 2.59. The highest BCUT2D eigenvalue weighted by Crippen LogP contribution is 2.18. The molecule has 0 saturated carbocycles. The van der Waals surface area contributed by atoms with Crippen molar-refractivity contribution in [3.8, 4) is 5.75 Å². The molecule has 0 saturated heterocycles. The zero-order valence-electron chi connectivity index (χ0n) is 8.41. The standard InChI is InChI=1S/C12H13FO2/c1-2-3-4-7-15-12-6-5-11(13)8-10(12)9-14/h2,5-6,8-9H,1,3-4,7H2. The number of unbranched alkanes of at least 4 members (excludes halogenated alkanes) is 1. The summed E-state index contributed by atoms with van der Waals surface area (Å²) in [6, 6.07) is 3.90. The third-order valence-corrected chi connectivity index (χ3v) is 1.91. The van der Waals surface area contributed by atoms with E-state index in [1.807, 2.05) is 0 Å². The summed E-state index contributed by atoms with van der Waals surface area (Å²) < 4.78 is 18.1. The predicted molar refractivity (Wildman–Crippen MR) is 56.7 cm³/mol. The number of carbonyl (C=O) groups is 1. The van der Waals surface area contributed by atoms with Crippen LogP contribution in [0.15, 0.2) is 30.9 Å². The minimum absolute atomic E-state index is 0.244. The van der Waals surface area contributed by atoms with Gasteiger partial charge < -0.3 is 4.74 Å². The van der Waals surface area contributed by atoms with Gasteiger partial charge in [0.05, 0.1) is 12.2 Å². The fourth-order valence-corrected chi connectivity index (χ4v) is 1.15. The van der Waals surface area contributed by atoms with Crippen molar-refractivity contribution in [2.75, 3.05) is 6.61 Å². The van der Waals surface area contributed by atoms with E-state index in [9.17, 15) is 9.18 Å². The summed E-state index contributed by atoms with van der Waals surface area (Å²) in [6.45, 7) is 4.09. The third kappa shape index (κ3) is 3.54. The first-order valence-corrected chi connectivity index (χ1v) is 4.76. The molecule has 80 valence electrons. The molecule has 0 atom stereocenters. The first-order valence-electron chi connectivity index (χ1n) is 4.76. The normalized spacial score (nSPS) is 9.67. The number of allylic oxidation sites excluding steroid dienone is 1. The van der Waals surface area contributed by atoms with E-state index in [4.69, 9.17) is 4.74 Å². The van der Waals surface area contributed by atoms with Gasteiger partial charge in [0.25, 0.3) is 0 Å². The van der Waals surface area contributed by atoms with Crippen molar-refractivity contribution in [3.05, 3.63) is 42.2 Å². The first kappa shape index (κ1) is 11.4. The second kappa shape index (κ2) is 5.96. The van der Waals surface area contributed by atoms with Crippen LogP contribution in [0.3, 0.4) is 0 Å². The molecule has 0 bridgehead atoms. The molecule has 0 spiro atoms. The van der Waals surface area contributed by atoms with Crippen LogP contribution in [-0.4, -0.2) is 12.9 Å². The lowest BCUT2D eigenvalue weighted by atomic mass is 10.2. The minimum Gasteiger partial charge on any atom is -0.493 e. The molecule has 2 nitrogen and oxygen atoms in total. The second-order valence-corrected chi connectivity index (χ2v) is 3.08. The Hall–Kier alpha value is -1.64.